The first-order chi connectivity index (χ1) is 9.01. The van der Waals surface area contributed by atoms with E-state index in [0.717, 1.165) is 0 Å². The smallest absolute Gasteiger partial charge is 0.328 e. The number of carbonyl (C=O) groups is 3. The zero-order chi connectivity index (χ0) is 14.4. The van der Waals surface area contributed by atoms with Gasteiger partial charge in [0.25, 0.3) is 0 Å². The number of nitrogens with zero attached hydrogens (tertiary/aromatic N) is 1. The molecule has 0 aromatic carbocycles. The molecule has 7 nitrogen and oxygen atoms in total. The molecule has 0 spiro atoms. The van der Waals surface area contributed by atoms with Crippen LogP contribution in [-0.4, -0.2) is 53.7 Å². The highest BCUT2D eigenvalue weighted by Gasteiger charge is 2.36. The number of ether oxygens (including phenoxy) is 1. The summed E-state index contributed by atoms with van der Waals surface area (Å²) in [6.07, 6.45) is 2.26. The first-order valence-corrected chi connectivity index (χ1v) is 6.39. The topological polar surface area (TPSA) is 95.9 Å². The standard InChI is InChI=1S/C12H20N2O5/c1-3-5-8(10(15)16)13-12(18)14-7-4-6-9(14)11(17)19-2/h8-9H,3-7H2,1-2H3,(H,13,18)(H,15,16). The Balaban J connectivity index is 2.65. The Kier molecular flexibility index (Phi) is 5.59. The zero-order valence-electron chi connectivity index (χ0n) is 11.2. The summed E-state index contributed by atoms with van der Waals surface area (Å²) in [4.78, 5) is 35.9. The second-order valence-electron chi connectivity index (χ2n) is 4.50. The molecule has 0 aromatic rings. The summed E-state index contributed by atoms with van der Waals surface area (Å²) in [6, 6.07) is -2.05. The Hall–Kier alpha value is -1.79. The largest absolute Gasteiger partial charge is 0.480 e. The average molecular weight is 272 g/mol. The third-order valence-corrected chi connectivity index (χ3v) is 3.16. The van der Waals surface area contributed by atoms with Crippen molar-refractivity contribution in [3.63, 3.8) is 0 Å². The number of nitrogens with one attached hydrogen (secondary N) is 1. The second-order valence-corrected chi connectivity index (χ2v) is 4.50. The van der Waals surface area contributed by atoms with Crippen molar-refractivity contribution in [2.24, 2.45) is 0 Å². The van der Waals surface area contributed by atoms with Crippen LogP contribution in [0.15, 0.2) is 0 Å². The van der Waals surface area contributed by atoms with E-state index in [2.05, 4.69) is 10.1 Å². The fourth-order valence-electron chi connectivity index (χ4n) is 2.17. The minimum absolute atomic E-state index is 0.359. The van der Waals surface area contributed by atoms with Crippen molar-refractivity contribution in [1.82, 2.24) is 10.2 Å². The molecule has 0 aromatic heterocycles. The number of amides is 2. The molecule has 2 atom stereocenters. The number of hydrogen-bond donors (Lipinski definition) is 2. The Labute approximate surface area is 111 Å². The summed E-state index contributed by atoms with van der Waals surface area (Å²) >= 11 is 0. The molecule has 1 fully saturated rings. The maximum absolute atomic E-state index is 12.0. The predicted octanol–water partition coefficient (Wildman–Crippen LogP) is 0.587. The van der Waals surface area contributed by atoms with E-state index in [0.29, 0.717) is 32.2 Å². The maximum Gasteiger partial charge on any atom is 0.328 e. The fourth-order valence-corrected chi connectivity index (χ4v) is 2.17. The molecule has 1 saturated heterocycles. The molecule has 0 aliphatic carbocycles. The van der Waals surface area contributed by atoms with Gasteiger partial charge in [0.05, 0.1) is 7.11 Å². The molecule has 2 amide bonds. The lowest BCUT2D eigenvalue weighted by atomic mass is 10.2. The van der Waals surface area contributed by atoms with E-state index in [1.54, 1.807) is 0 Å². The van der Waals surface area contributed by atoms with Crippen molar-refractivity contribution < 1.29 is 24.2 Å². The van der Waals surface area contributed by atoms with E-state index in [9.17, 15) is 14.4 Å². The van der Waals surface area contributed by atoms with E-state index in [1.165, 1.54) is 12.0 Å². The lowest BCUT2D eigenvalue weighted by molar-refractivity contribution is -0.144. The fraction of sp³-hybridized carbons (Fsp3) is 0.750. The molecule has 108 valence electrons. The minimum Gasteiger partial charge on any atom is -0.480 e. The number of carboxylic acid groups (broad SMARTS) is 1. The molecule has 2 unspecified atom stereocenters. The van der Waals surface area contributed by atoms with Gasteiger partial charge in [0.2, 0.25) is 0 Å². The summed E-state index contributed by atoms with van der Waals surface area (Å²) in [5.74, 6) is -1.53. The van der Waals surface area contributed by atoms with Crippen LogP contribution < -0.4 is 5.32 Å². The Morgan fingerprint density at radius 3 is 2.68 bits per heavy atom. The highest BCUT2D eigenvalue weighted by Crippen LogP contribution is 2.18. The quantitative estimate of drug-likeness (QED) is 0.714. The zero-order valence-corrected chi connectivity index (χ0v) is 11.2. The third-order valence-electron chi connectivity index (χ3n) is 3.16. The molecule has 1 rings (SSSR count). The first-order valence-electron chi connectivity index (χ1n) is 6.39. The summed E-state index contributed by atoms with van der Waals surface area (Å²) < 4.78 is 4.64. The number of hydrogen-bond acceptors (Lipinski definition) is 4. The molecule has 1 heterocycles. The van der Waals surface area contributed by atoms with Gasteiger partial charge < -0.3 is 20.1 Å². The summed E-state index contributed by atoms with van der Waals surface area (Å²) in [6.45, 7) is 2.28. The molecule has 19 heavy (non-hydrogen) atoms. The number of carboxylic acids is 1. The van der Waals surface area contributed by atoms with Gasteiger partial charge in [-0.25, -0.2) is 14.4 Å². The Morgan fingerprint density at radius 2 is 2.16 bits per heavy atom. The number of rotatable bonds is 5. The van der Waals surface area contributed by atoms with Crippen LogP contribution in [0.1, 0.15) is 32.6 Å². The van der Waals surface area contributed by atoms with Crippen LogP contribution in [0.5, 0.6) is 0 Å². The Bertz CT molecular complexity index is 358. The van der Waals surface area contributed by atoms with Gasteiger partial charge in [-0.3, -0.25) is 0 Å². The van der Waals surface area contributed by atoms with E-state index < -0.39 is 30.1 Å². The highest BCUT2D eigenvalue weighted by atomic mass is 16.5. The Morgan fingerprint density at radius 1 is 1.47 bits per heavy atom. The van der Waals surface area contributed by atoms with Gasteiger partial charge in [-0.05, 0) is 19.3 Å². The van der Waals surface area contributed by atoms with Gasteiger partial charge in [0, 0.05) is 6.54 Å². The molecule has 2 N–H and O–H groups in total. The van der Waals surface area contributed by atoms with Crippen LogP contribution in [0.2, 0.25) is 0 Å². The van der Waals surface area contributed by atoms with Crippen LogP contribution in [-0.2, 0) is 14.3 Å². The summed E-state index contributed by atoms with van der Waals surface area (Å²) in [7, 11) is 1.27. The number of methoxy groups -OCH3 is 1. The van der Waals surface area contributed by atoms with Crippen LogP contribution in [0.25, 0.3) is 0 Å². The van der Waals surface area contributed by atoms with Crippen molar-refractivity contribution in [3.05, 3.63) is 0 Å². The van der Waals surface area contributed by atoms with Gasteiger partial charge in [0.15, 0.2) is 0 Å². The van der Waals surface area contributed by atoms with Gasteiger partial charge >= 0.3 is 18.0 Å². The summed E-state index contributed by atoms with van der Waals surface area (Å²) in [5, 5.41) is 11.4. The lowest BCUT2D eigenvalue weighted by Crippen LogP contribution is -2.51. The first kappa shape index (κ1) is 15.3. The molecule has 1 aliphatic heterocycles. The van der Waals surface area contributed by atoms with E-state index in [4.69, 9.17) is 5.11 Å². The second kappa shape index (κ2) is 6.96. The highest BCUT2D eigenvalue weighted by molar-refractivity contribution is 5.87. The van der Waals surface area contributed by atoms with Crippen LogP contribution in [0.4, 0.5) is 4.79 Å². The molecule has 0 saturated carbocycles. The van der Waals surface area contributed by atoms with Crippen molar-refractivity contribution in [2.45, 2.75) is 44.7 Å². The molecule has 0 bridgehead atoms. The van der Waals surface area contributed by atoms with Crippen molar-refractivity contribution >= 4 is 18.0 Å². The number of aliphatic carboxylic acids is 1. The lowest BCUT2D eigenvalue weighted by Gasteiger charge is -2.25. The predicted molar refractivity (Wildman–Crippen MR) is 66.6 cm³/mol. The van der Waals surface area contributed by atoms with Crippen LogP contribution in [0.3, 0.4) is 0 Å². The number of carbonyl (C=O) groups excluding carboxylic acids is 2. The van der Waals surface area contributed by atoms with E-state index in [1.807, 2.05) is 6.92 Å². The monoisotopic (exact) mass is 272 g/mol. The van der Waals surface area contributed by atoms with E-state index >= 15 is 0 Å². The number of urea groups is 1. The molecule has 1 aliphatic rings. The molecule has 7 heteroatoms. The SMILES string of the molecule is CCCC(NC(=O)N1CCCC1C(=O)OC)C(=O)O. The number of esters is 1. The summed E-state index contributed by atoms with van der Waals surface area (Å²) in [5.41, 5.74) is 0. The maximum atomic E-state index is 12.0. The molecular formula is C12H20N2O5. The van der Waals surface area contributed by atoms with E-state index in [-0.39, 0.29) is 0 Å². The van der Waals surface area contributed by atoms with Gasteiger partial charge in [-0.1, -0.05) is 13.3 Å². The van der Waals surface area contributed by atoms with Crippen LogP contribution in [0, 0.1) is 0 Å². The molecule has 0 radical (unpaired) electrons. The van der Waals surface area contributed by atoms with Gasteiger partial charge in [-0.2, -0.15) is 0 Å². The van der Waals surface area contributed by atoms with Gasteiger partial charge in [0.1, 0.15) is 12.1 Å². The van der Waals surface area contributed by atoms with Crippen LogP contribution >= 0.6 is 0 Å². The van der Waals surface area contributed by atoms with Crippen molar-refractivity contribution in [1.29, 1.82) is 0 Å². The normalized spacial score (nSPS) is 19.9. The van der Waals surface area contributed by atoms with Gasteiger partial charge in [-0.15, -0.1) is 0 Å². The van der Waals surface area contributed by atoms with Crippen molar-refractivity contribution in [2.75, 3.05) is 13.7 Å². The minimum atomic E-state index is -1.07. The third kappa shape index (κ3) is 3.84. The number of likely N-dealkylation sites (tertiary alicyclic amines) is 1. The van der Waals surface area contributed by atoms with Crippen molar-refractivity contribution in [3.8, 4) is 0 Å². The average Bonchev–Trinajstić information content (AvgIpc) is 2.86. The molecular weight excluding hydrogens is 252 g/mol.